The van der Waals surface area contributed by atoms with E-state index in [1.165, 1.54) is 6.07 Å². The van der Waals surface area contributed by atoms with Gasteiger partial charge in [-0.25, -0.2) is 4.39 Å². The van der Waals surface area contributed by atoms with Crippen molar-refractivity contribution in [3.63, 3.8) is 0 Å². The van der Waals surface area contributed by atoms with Gasteiger partial charge in [-0.3, -0.25) is 9.89 Å². The first-order valence-electron chi connectivity index (χ1n) is 8.00. The van der Waals surface area contributed by atoms with Crippen LogP contribution >= 0.6 is 0 Å². The van der Waals surface area contributed by atoms with E-state index in [2.05, 4.69) is 41.3 Å². The summed E-state index contributed by atoms with van der Waals surface area (Å²) >= 11 is 0. The highest BCUT2D eigenvalue weighted by atomic mass is 19.1. The molecule has 0 aliphatic heterocycles. The summed E-state index contributed by atoms with van der Waals surface area (Å²) in [6, 6.07) is 7.42. The van der Waals surface area contributed by atoms with E-state index >= 15 is 0 Å². The summed E-state index contributed by atoms with van der Waals surface area (Å²) in [5.74, 6) is 0.610. The van der Waals surface area contributed by atoms with Gasteiger partial charge in [0.2, 0.25) is 0 Å². The van der Waals surface area contributed by atoms with Crippen molar-refractivity contribution in [2.45, 2.75) is 33.2 Å². The lowest BCUT2D eigenvalue weighted by Crippen LogP contribution is -2.43. The second-order valence-electron chi connectivity index (χ2n) is 5.49. The zero-order valence-corrected chi connectivity index (χ0v) is 14.2. The van der Waals surface area contributed by atoms with E-state index in [4.69, 9.17) is 0 Å². The minimum Gasteiger partial charge on any atom is -0.356 e. The fourth-order valence-corrected chi connectivity index (χ4v) is 2.34. The van der Waals surface area contributed by atoms with Crippen molar-refractivity contribution in [3.05, 3.63) is 35.6 Å². The molecule has 0 atom stereocenters. The maximum atomic E-state index is 13.5. The predicted molar refractivity (Wildman–Crippen MR) is 91.9 cm³/mol. The number of halogens is 1. The lowest BCUT2D eigenvalue weighted by Gasteiger charge is -2.25. The van der Waals surface area contributed by atoms with Gasteiger partial charge in [-0.2, -0.15) is 0 Å². The molecule has 0 radical (unpaired) electrons. The molecule has 0 aliphatic carbocycles. The monoisotopic (exact) mass is 308 g/mol. The molecule has 2 N–H and O–H groups in total. The summed E-state index contributed by atoms with van der Waals surface area (Å²) in [4.78, 5) is 6.58. The van der Waals surface area contributed by atoms with Gasteiger partial charge in [-0.1, -0.05) is 25.1 Å². The number of rotatable bonds is 8. The number of nitrogens with one attached hydrogen (secondary N) is 2. The molecule has 4 nitrogen and oxygen atoms in total. The van der Waals surface area contributed by atoms with Gasteiger partial charge in [-0.15, -0.1) is 0 Å². The van der Waals surface area contributed by atoms with Crippen LogP contribution in [0.3, 0.4) is 0 Å². The molecule has 124 valence electrons. The molecule has 0 spiro atoms. The molecule has 0 aromatic heterocycles. The van der Waals surface area contributed by atoms with Crippen LogP contribution in [-0.4, -0.2) is 50.1 Å². The normalized spacial score (nSPS) is 12.0. The Morgan fingerprint density at radius 3 is 2.50 bits per heavy atom. The average Bonchev–Trinajstić information content (AvgIpc) is 2.51. The van der Waals surface area contributed by atoms with Crippen molar-refractivity contribution >= 4 is 5.96 Å². The summed E-state index contributed by atoms with van der Waals surface area (Å²) in [5, 5.41) is 6.51. The van der Waals surface area contributed by atoms with E-state index < -0.39 is 0 Å². The van der Waals surface area contributed by atoms with Crippen LogP contribution in [0.2, 0.25) is 0 Å². The third-order valence-corrected chi connectivity index (χ3v) is 3.70. The molecule has 0 saturated carbocycles. The molecular formula is C17H29FN4. The first kappa shape index (κ1) is 18.4. The zero-order valence-electron chi connectivity index (χ0n) is 14.2. The fourth-order valence-electron chi connectivity index (χ4n) is 2.34. The predicted octanol–water partition coefficient (Wildman–Crippen LogP) is 2.26. The second-order valence-corrected chi connectivity index (χ2v) is 5.49. The third kappa shape index (κ3) is 6.43. The first-order chi connectivity index (χ1) is 10.6. The lowest BCUT2D eigenvalue weighted by molar-refractivity contribution is 0.237. The Balaban J connectivity index is 2.30. The van der Waals surface area contributed by atoms with Gasteiger partial charge in [0.1, 0.15) is 5.82 Å². The Bertz CT molecular complexity index is 460. The maximum Gasteiger partial charge on any atom is 0.191 e. The quantitative estimate of drug-likeness (QED) is 0.572. The number of benzene rings is 1. The Kier molecular flexibility index (Phi) is 8.51. The highest BCUT2D eigenvalue weighted by Crippen LogP contribution is 2.06. The number of guanidine groups is 1. The van der Waals surface area contributed by atoms with Crippen LogP contribution < -0.4 is 10.6 Å². The van der Waals surface area contributed by atoms with Crippen LogP contribution in [-0.2, 0) is 6.42 Å². The Hall–Kier alpha value is -1.62. The molecule has 0 amide bonds. The Labute approximate surface area is 133 Å². The minimum atomic E-state index is -0.150. The molecule has 22 heavy (non-hydrogen) atoms. The van der Waals surface area contributed by atoms with E-state index in [1.807, 2.05) is 12.1 Å². The summed E-state index contributed by atoms with van der Waals surface area (Å²) in [6.45, 7) is 10.1. The van der Waals surface area contributed by atoms with Crippen molar-refractivity contribution in [3.8, 4) is 0 Å². The zero-order chi connectivity index (χ0) is 16.4. The molecule has 0 bridgehead atoms. The van der Waals surface area contributed by atoms with Crippen LogP contribution in [0.25, 0.3) is 0 Å². The largest absolute Gasteiger partial charge is 0.356 e. The van der Waals surface area contributed by atoms with Gasteiger partial charge in [0, 0.05) is 32.7 Å². The minimum absolute atomic E-state index is 0.150. The van der Waals surface area contributed by atoms with Crippen molar-refractivity contribution in [2.24, 2.45) is 4.99 Å². The molecule has 0 heterocycles. The van der Waals surface area contributed by atoms with E-state index in [9.17, 15) is 4.39 Å². The smallest absolute Gasteiger partial charge is 0.191 e. The van der Waals surface area contributed by atoms with Crippen LogP contribution in [0.1, 0.15) is 26.3 Å². The van der Waals surface area contributed by atoms with Crippen molar-refractivity contribution in [1.29, 1.82) is 0 Å². The number of nitrogens with zero attached hydrogens (tertiary/aromatic N) is 2. The van der Waals surface area contributed by atoms with Gasteiger partial charge in [0.25, 0.3) is 0 Å². The fraction of sp³-hybridized carbons (Fsp3) is 0.588. The van der Waals surface area contributed by atoms with Crippen LogP contribution in [0, 0.1) is 5.82 Å². The summed E-state index contributed by atoms with van der Waals surface area (Å²) in [5.41, 5.74) is 0.724. The highest BCUT2D eigenvalue weighted by molar-refractivity contribution is 5.79. The standard InChI is InChI=1S/C17H29FN4/c1-5-22(14(2)3)13-12-21-17(19-4)20-11-10-15-8-6-7-9-16(15)18/h6-9,14H,5,10-13H2,1-4H3,(H2,19,20,21). The Morgan fingerprint density at radius 2 is 1.91 bits per heavy atom. The van der Waals surface area contributed by atoms with E-state index in [1.54, 1.807) is 13.1 Å². The third-order valence-electron chi connectivity index (χ3n) is 3.70. The van der Waals surface area contributed by atoms with E-state index in [0.29, 0.717) is 19.0 Å². The van der Waals surface area contributed by atoms with Gasteiger partial charge in [0.15, 0.2) is 5.96 Å². The molecule has 0 fully saturated rings. The first-order valence-corrected chi connectivity index (χ1v) is 8.00. The lowest BCUT2D eigenvalue weighted by atomic mass is 10.1. The van der Waals surface area contributed by atoms with Crippen molar-refractivity contribution in [1.82, 2.24) is 15.5 Å². The molecule has 0 saturated heterocycles. The van der Waals surface area contributed by atoms with Gasteiger partial charge in [0.05, 0.1) is 0 Å². The average molecular weight is 308 g/mol. The number of likely N-dealkylation sites (N-methyl/N-ethyl adjacent to an activating group) is 1. The van der Waals surface area contributed by atoms with E-state index in [0.717, 1.165) is 31.2 Å². The molecule has 1 aromatic rings. The van der Waals surface area contributed by atoms with Crippen LogP contribution in [0.15, 0.2) is 29.3 Å². The second kappa shape index (κ2) is 10.2. The SMILES string of the molecule is CCN(CCNC(=NC)NCCc1ccccc1F)C(C)C. The summed E-state index contributed by atoms with van der Waals surface area (Å²) < 4.78 is 13.5. The van der Waals surface area contributed by atoms with Crippen molar-refractivity contribution in [2.75, 3.05) is 33.2 Å². The summed E-state index contributed by atoms with van der Waals surface area (Å²) in [6.07, 6.45) is 0.639. The molecule has 0 aliphatic rings. The molecule has 1 aromatic carbocycles. The molecule has 1 rings (SSSR count). The highest BCUT2D eigenvalue weighted by Gasteiger charge is 2.06. The van der Waals surface area contributed by atoms with Crippen LogP contribution in [0.4, 0.5) is 4.39 Å². The summed E-state index contributed by atoms with van der Waals surface area (Å²) in [7, 11) is 1.75. The van der Waals surface area contributed by atoms with Crippen LogP contribution in [0.5, 0.6) is 0 Å². The maximum absolute atomic E-state index is 13.5. The van der Waals surface area contributed by atoms with Gasteiger partial charge >= 0.3 is 0 Å². The molecular weight excluding hydrogens is 279 g/mol. The molecule has 0 unspecified atom stereocenters. The molecule has 5 heteroatoms. The van der Waals surface area contributed by atoms with E-state index in [-0.39, 0.29) is 5.82 Å². The van der Waals surface area contributed by atoms with Gasteiger partial charge < -0.3 is 10.6 Å². The number of hydrogen-bond donors (Lipinski definition) is 2. The number of hydrogen-bond acceptors (Lipinski definition) is 2. The van der Waals surface area contributed by atoms with Gasteiger partial charge in [-0.05, 0) is 38.4 Å². The Morgan fingerprint density at radius 1 is 1.23 bits per heavy atom. The van der Waals surface area contributed by atoms with Crippen molar-refractivity contribution < 1.29 is 4.39 Å². The topological polar surface area (TPSA) is 39.7 Å². The number of aliphatic imine (C=N–C) groups is 1.